The minimum absolute atomic E-state index is 0.0755. The van der Waals surface area contributed by atoms with Gasteiger partial charge in [0.05, 0.1) is 45.2 Å². The number of carbonyl (C=O) groups excluding carboxylic acids is 5. The van der Waals surface area contributed by atoms with Gasteiger partial charge < -0.3 is 50.0 Å². The standard InChI is InChI=1S/C41H48N6O10/c1-24(2)35-39(51)43-21-28-30(54-4)14-11-15-31(28)56-33-20-27(16-17-32(33)55-5)38(50)42-18-9-10-19-47(23-34(49)45-36(25(3)48)40(52)46-35)41(53)29-22-44-57-37(29)26-12-7-6-8-13-26/h6-8,11-17,20,22,24-25,35-36,48H,9-10,18-19,21,23H2,1-5H3,(H,42,50)(H,43,51)(H,45,49)(H,46,52)/t25-,35-,36+/m1/s1. The van der Waals surface area contributed by atoms with E-state index in [0.717, 1.165) is 0 Å². The number of methoxy groups -OCH3 is 2. The summed E-state index contributed by atoms with van der Waals surface area (Å²) in [6, 6.07) is 16.1. The predicted molar refractivity (Wildman–Crippen MR) is 208 cm³/mol. The molecular weight excluding hydrogens is 736 g/mol. The van der Waals surface area contributed by atoms with Crippen molar-refractivity contribution < 1.29 is 47.8 Å². The van der Waals surface area contributed by atoms with Crippen molar-refractivity contribution in [1.82, 2.24) is 31.3 Å². The van der Waals surface area contributed by atoms with Crippen LogP contribution < -0.4 is 35.5 Å². The molecule has 16 nitrogen and oxygen atoms in total. The quantitative estimate of drug-likeness (QED) is 0.191. The van der Waals surface area contributed by atoms with Gasteiger partial charge in [-0.15, -0.1) is 0 Å². The monoisotopic (exact) mass is 784 g/mol. The third-order valence-electron chi connectivity index (χ3n) is 9.32. The average Bonchev–Trinajstić information content (AvgIpc) is 3.70. The molecular formula is C41H48N6O10. The van der Waals surface area contributed by atoms with E-state index in [1.54, 1.807) is 68.4 Å². The number of aliphatic hydroxyl groups excluding tert-OH is 1. The Morgan fingerprint density at radius 3 is 2.30 bits per heavy atom. The Hall–Kier alpha value is -6.42. The minimum atomic E-state index is -1.48. The maximum Gasteiger partial charge on any atom is 0.259 e. The number of carbonyl (C=O) groups is 5. The van der Waals surface area contributed by atoms with Crippen molar-refractivity contribution >= 4 is 29.5 Å². The second-order valence-corrected chi connectivity index (χ2v) is 13.8. The second-order valence-electron chi connectivity index (χ2n) is 13.8. The lowest BCUT2D eigenvalue weighted by atomic mass is 10.0. The molecule has 16 heteroatoms. The zero-order chi connectivity index (χ0) is 41.1. The number of nitrogens with one attached hydrogen (secondary N) is 4. The van der Waals surface area contributed by atoms with Gasteiger partial charge in [0.2, 0.25) is 17.7 Å². The highest BCUT2D eigenvalue weighted by Gasteiger charge is 2.33. The van der Waals surface area contributed by atoms with Crippen LogP contribution in [0.15, 0.2) is 77.4 Å². The van der Waals surface area contributed by atoms with E-state index in [4.69, 9.17) is 18.7 Å². The first-order valence-electron chi connectivity index (χ1n) is 18.6. The van der Waals surface area contributed by atoms with Crippen molar-refractivity contribution in [3.05, 3.63) is 89.6 Å². The Morgan fingerprint density at radius 2 is 1.60 bits per heavy atom. The minimum Gasteiger partial charge on any atom is -0.496 e. The van der Waals surface area contributed by atoms with Crippen molar-refractivity contribution in [2.24, 2.45) is 5.92 Å². The van der Waals surface area contributed by atoms with Crippen molar-refractivity contribution in [2.45, 2.75) is 58.3 Å². The maximum absolute atomic E-state index is 14.0. The number of aromatic nitrogens is 1. The van der Waals surface area contributed by atoms with E-state index in [0.29, 0.717) is 46.8 Å². The summed E-state index contributed by atoms with van der Waals surface area (Å²) in [6.45, 7) is 4.53. The van der Waals surface area contributed by atoms with Gasteiger partial charge in [-0.25, -0.2) is 0 Å². The lowest BCUT2D eigenvalue weighted by Crippen LogP contribution is -2.59. The van der Waals surface area contributed by atoms with E-state index in [1.165, 1.54) is 38.3 Å². The van der Waals surface area contributed by atoms with Gasteiger partial charge in [0.25, 0.3) is 11.8 Å². The number of ether oxygens (including phenoxy) is 3. The molecule has 2 heterocycles. The summed E-state index contributed by atoms with van der Waals surface area (Å²) in [6.07, 6.45) is 0.692. The molecule has 5 N–H and O–H groups in total. The van der Waals surface area contributed by atoms with E-state index in [-0.39, 0.29) is 42.6 Å². The average molecular weight is 785 g/mol. The van der Waals surface area contributed by atoms with Crippen LogP contribution in [-0.2, 0) is 20.9 Å². The number of benzene rings is 3. The summed E-state index contributed by atoms with van der Waals surface area (Å²) in [5.41, 5.74) is 1.48. The molecule has 0 radical (unpaired) electrons. The van der Waals surface area contributed by atoms with Gasteiger partial charge in [-0.2, -0.15) is 0 Å². The zero-order valence-electron chi connectivity index (χ0n) is 32.5. The number of hydrogen-bond donors (Lipinski definition) is 5. The Labute approximate surface area is 330 Å². The van der Waals surface area contributed by atoms with Crippen molar-refractivity contribution in [3.63, 3.8) is 0 Å². The molecule has 5 rings (SSSR count). The third kappa shape index (κ3) is 10.5. The number of fused-ring (bicyclic) bond motifs is 3. The Balaban J connectivity index is 1.47. The first-order valence-corrected chi connectivity index (χ1v) is 18.6. The van der Waals surface area contributed by atoms with Gasteiger partial charge in [-0.05, 0) is 56.0 Å². The van der Waals surface area contributed by atoms with Crippen LogP contribution in [0.1, 0.15) is 59.9 Å². The van der Waals surface area contributed by atoms with Gasteiger partial charge in [-0.3, -0.25) is 24.0 Å². The molecule has 0 fully saturated rings. The SMILES string of the molecule is COc1ccc2cc1Oc1cccc(OC)c1CNC(=O)[C@@H](C(C)C)NC(=O)[C@H]([C@@H](C)O)NC(=O)CN(C(=O)c1cnoc1-c1ccccc1)CCCCNC2=O. The first kappa shape index (κ1) is 41.7. The van der Waals surface area contributed by atoms with Crippen LogP contribution in [0.4, 0.5) is 0 Å². The highest BCUT2D eigenvalue weighted by molar-refractivity contribution is 6.01. The summed E-state index contributed by atoms with van der Waals surface area (Å²) in [7, 11) is 2.94. The maximum atomic E-state index is 14.0. The fourth-order valence-electron chi connectivity index (χ4n) is 6.23. The van der Waals surface area contributed by atoms with Crippen molar-refractivity contribution in [1.29, 1.82) is 0 Å². The van der Waals surface area contributed by atoms with Crippen LogP contribution in [0.3, 0.4) is 0 Å². The van der Waals surface area contributed by atoms with Crippen LogP contribution in [0.2, 0.25) is 0 Å². The van der Waals surface area contributed by atoms with Crippen LogP contribution in [0, 0.1) is 5.92 Å². The molecule has 2 bridgehead atoms. The third-order valence-corrected chi connectivity index (χ3v) is 9.32. The Bertz CT molecular complexity index is 2050. The summed E-state index contributed by atoms with van der Waals surface area (Å²) in [5.74, 6) is -1.95. The van der Waals surface area contributed by atoms with Crippen molar-refractivity contribution in [2.75, 3.05) is 33.9 Å². The van der Waals surface area contributed by atoms with Crippen LogP contribution in [0.5, 0.6) is 23.0 Å². The lowest BCUT2D eigenvalue weighted by Gasteiger charge is -2.28. The molecule has 1 aliphatic heterocycles. The topological polar surface area (TPSA) is 211 Å². The van der Waals surface area contributed by atoms with Gasteiger partial charge in [0.1, 0.15) is 29.1 Å². The number of aliphatic hydroxyl groups is 1. The molecule has 1 aromatic heterocycles. The fraction of sp³-hybridized carbons (Fsp3) is 0.366. The Kier molecular flexibility index (Phi) is 14.2. The van der Waals surface area contributed by atoms with E-state index < -0.39 is 54.3 Å². The summed E-state index contributed by atoms with van der Waals surface area (Å²) < 4.78 is 22.8. The predicted octanol–water partition coefficient (Wildman–Crippen LogP) is 3.44. The van der Waals surface area contributed by atoms with E-state index in [2.05, 4.69) is 26.4 Å². The molecule has 0 spiro atoms. The van der Waals surface area contributed by atoms with E-state index >= 15 is 0 Å². The van der Waals surface area contributed by atoms with Crippen LogP contribution >= 0.6 is 0 Å². The van der Waals surface area contributed by atoms with Gasteiger partial charge in [-0.1, -0.05) is 55.4 Å². The zero-order valence-corrected chi connectivity index (χ0v) is 32.5. The number of nitrogens with zero attached hydrogens (tertiary/aromatic N) is 2. The molecule has 5 amide bonds. The fourth-order valence-corrected chi connectivity index (χ4v) is 6.23. The summed E-state index contributed by atoms with van der Waals surface area (Å²) >= 11 is 0. The molecule has 0 saturated heterocycles. The largest absolute Gasteiger partial charge is 0.496 e. The molecule has 0 aliphatic carbocycles. The summed E-state index contributed by atoms with van der Waals surface area (Å²) in [5, 5.41) is 25.4. The van der Waals surface area contributed by atoms with Crippen LogP contribution in [-0.4, -0.2) is 96.7 Å². The van der Waals surface area contributed by atoms with Crippen LogP contribution in [0.25, 0.3) is 11.3 Å². The van der Waals surface area contributed by atoms with Gasteiger partial charge in [0.15, 0.2) is 17.3 Å². The Morgan fingerprint density at radius 1 is 0.842 bits per heavy atom. The molecule has 3 atom stereocenters. The molecule has 1 aliphatic rings. The molecule has 3 aromatic carbocycles. The second kappa shape index (κ2) is 19.4. The lowest BCUT2D eigenvalue weighted by molar-refractivity contribution is -0.135. The van der Waals surface area contributed by atoms with Gasteiger partial charge >= 0.3 is 0 Å². The smallest absolute Gasteiger partial charge is 0.259 e. The highest BCUT2D eigenvalue weighted by Crippen LogP contribution is 2.37. The molecule has 4 aromatic rings. The normalized spacial score (nSPS) is 18.2. The van der Waals surface area contributed by atoms with Gasteiger partial charge in [0, 0.05) is 24.2 Å². The van der Waals surface area contributed by atoms with Crippen molar-refractivity contribution in [3.8, 4) is 34.3 Å². The first-order chi connectivity index (χ1) is 27.4. The number of amides is 5. The molecule has 0 saturated carbocycles. The van der Waals surface area contributed by atoms with E-state index in [9.17, 15) is 29.1 Å². The summed E-state index contributed by atoms with van der Waals surface area (Å²) in [4.78, 5) is 69.6. The molecule has 57 heavy (non-hydrogen) atoms. The highest BCUT2D eigenvalue weighted by atomic mass is 16.5. The molecule has 0 unspecified atom stereocenters. The molecule has 302 valence electrons. The number of hydrogen-bond acceptors (Lipinski definition) is 11. The van der Waals surface area contributed by atoms with E-state index in [1.807, 2.05) is 6.07 Å². The number of rotatable bonds is 6.